The molecule has 4 rings (SSSR count). The average molecular weight is 499 g/mol. The number of nitrogens with zero attached hydrogens (tertiary/aromatic N) is 3. The van der Waals surface area contributed by atoms with Crippen molar-refractivity contribution in [1.82, 2.24) is 20.4 Å². The van der Waals surface area contributed by atoms with Gasteiger partial charge < -0.3 is 19.7 Å². The summed E-state index contributed by atoms with van der Waals surface area (Å²) in [4.78, 5) is 9.96. The van der Waals surface area contributed by atoms with Crippen LogP contribution in [0, 0.1) is 26.7 Å². The average Bonchev–Trinajstić information content (AvgIpc) is 3.48. The number of aryl methyl sites for hydroxylation is 3. The molecule has 35 heavy (non-hydrogen) atoms. The van der Waals surface area contributed by atoms with Gasteiger partial charge in [0.2, 0.25) is 0 Å². The zero-order valence-corrected chi connectivity index (χ0v) is 21.8. The van der Waals surface area contributed by atoms with Crippen LogP contribution < -0.4 is 10.1 Å². The highest BCUT2D eigenvalue weighted by molar-refractivity contribution is 6.33. The van der Waals surface area contributed by atoms with Gasteiger partial charge in [0.05, 0.1) is 22.0 Å². The number of rotatable bonds is 10. The van der Waals surface area contributed by atoms with Crippen molar-refractivity contribution in [2.45, 2.75) is 65.4 Å². The predicted molar refractivity (Wildman–Crippen MR) is 138 cm³/mol. The molecule has 0 spiro atoms. The number of ether oxygens (including phenoxy) is 1. The molecule has 2 aromatic heterocycles. The van der Waals surface area contributed by atoms with Crippen molar-refractivity contribution in [1.29, 1.82) is 0 Å². The molecule has 0 amide bonds. The number of halogens is 1. The molecule has 1 atom stereocenters. The monoisotopic (exact) mass is 498 g/mol. The lowest BCUT2D eigenvalue weighted by molar-refractivity contribution is 0.108. The van der Waals surface area contributed by atoms with Gasteiger partial charge in [-0.05, 0) is 70.3 Å². The van der Waals surface area contributed by atoms with Gasteiger partial charge >= 0.3 is 0 Å². The molecule has 2 N–H and O–H groups in total. The van der Waals surface area contributed by atoms with Crippen molar-refractivity contribution in [2.24, 2.45) is 5.92 Å². The van der Waals surface area contributed by atoms with Gasteiger partial charge in [0.1, 0.15) is 24.2 Å². The number of nitrogens with one attached hydrogen (secondary N) is 1. The molecule has 0 aliphatic heterocycles. The Hall–Kier alpha value is -2.48. The quantitative estimate of drug-likeness (QED) is 0.383. The first kappa shape index (κ1) is 25.6. The van der Waals surface area contributed by atoms with E-state index in [0.717, 1.165) is 52.7 Å². The normalized spacial score (nSPS) is 15.0. The van der Waals surface area contributed by atoms with Crippen LogP contribution in [0.25, 0.3) is 22.6 Å². The van der Waals surface area contributed by atoms with Gasteiger partial charge in [-0.25, -0.2) is 9.97 Å². The number of aliphatic hydroxyl groups excluding tert-OH is 1. The van der Waals surface area contributed by atoms with E-state index >= 15 is 0 Å². The van der Waals surface area contributed by atoms with Gasteiger partial charge in [0, 0.05) is 17.8 Å². The van der Waals surface area contributed by atoms with E-state index in [9.17, 15) is 5.11 Å². The van der Waals surface area contributed by atoms with Crippen LogP contribution in [0.4, 0.5) is 0 Å². The van der Waals surface area contributed by atoms with Crippen LogP contribution in [0.15, 0.2) is 22.7 Å². The second-order valence-electron chi connectivity index (χ2n) is 9.52. The van der Waals surface area contributed by atoms with Crippen molar-refractivity contribution in [2.75, 3.05) is 20.2 Å². The van der Waals surface area contributed by atoms with Gasteiger partial charge in [-0.3, -0.25) is 0 Å². The van der Waals surface area contributed by atoms with Crippen molar-refractivity contribution in [3.63, 3.8) is 0 Å². The van der Waals surface area contributed by atoms with Gasteiger partial charge in [-0.2, -0.15) is 0 Å². The third-order valence-electron chi connectivity index (χ3n) is 6.84. The smallest absolute Gasteiger partial charge is 0.161 e. The molecule has 1 aliphatic rings. The maximum absolute atomic E-state index is 10.0. The third kappa shape index (κ3) is 6.02. The Morgan fingerprint density at radius 1 is 1.20 bits per heavy atom. The lowest BCUT2D eigenvalue weighted by atomic mass is 9.96. The van der Waals surface area contributed by atoms with Crippen molar-refractivity contribution in [3.8, 4) is 28.4 Å². The molecule has 1 unspecified atom stereocenters. The molecule has 8 heteroatoms. The molecule has 1 aromatic carbocycles. The van der Waals surface area contributed by atoms with Gasteiger partial charge in [-0.15, -0.1) is 0 Å². The number of benzene rings is 1. The largest absolute Gasteiger partial charge is 0.491 e. The summed E-state index contributed by atoms with van der Waals surface area (Å²) in [5, 5.41) is 17.6. The summed E-state index contributed by atoms with van der Waals surface area (Å²) >= 11 is 6.63. The Morgan fingerprint density at radius 3 is 2.66 bits per heavy atom. The molecule has 0 radical (unpaired) electrons. The van der Waals surface area contributed by atoms with Gasteiger partial charge in [-0.1, -0.05) is 42.4 Å². The Labute approximate surface area is 212 Å². The Balaban J connectivity index is 1.72. The first-order chi connectivity index (χ1) is 16.9. The van der Waals surface area contributed by atoms with Crippen LogP contribution in [0.2, 0.25) is 5.02 Å². The van der Waals surface area contributed by atoms with Crippen LogP contribution in [-0.4, -0.2) is 46.5 Å². The number of likely N-dealkylation sites (N-methyl/N-ethyl adjacent to an activating group) is 1. The highest BCUT2D eigenvalue weighted by Gasteiger charge is 2.22. The van der Waals surface area contributed by atoms with Crippen LogP contribution in [0.3, 0.4) is 0 Å². The fourth-order valence-electron chi connectivity index (χ4n) is 4.88. The van der Waals surface area contributed by atoms with Crippen molar-refractivity contribution >= 4 is 11.6 Å². The summed E-state index contributed by atoms with van der Waals surface area (Å²) < 4.78 is 11.3. The van der Waals surface area contributed by atoms with E-state index in [4.69, 9.17) is 30.8 Å². The molecule has 3 aromatic rings. The molecular weight excluding hydrogens is 464 g/mol. The Kier molecular flexibility index (Phi) is 8.42. The number of hydrogen-bond acceptors (Lipinski definition) is 7. The molecule has 188 valence electrons. The van der Waals surface area contributed by atoms with Crippen LogP contribution in [0.5, 0.6) is 5.75 Å². The third-order valence-corrected chi connectivity index (χ3v) is 7.17. The number of aliphatic hydroxyl groups is 1. The Morgan fingerprint density at radius 2 is 1.97 bits per heavy atom. The minimum absolute atomic E-state index is 0.174. The molecule has 0 saturated heterocycles. The maximum Gasteiger partial charge on any atom is 0.161 e. The van der Waals surface area contributed by atoms with E-state index in [1.807, 2.05) is 19.9 Å². The fraction of sp³-hybridized carbons (Fsp3) is 0.519. The van der Waals surface area contributed by atoms with Crippen LogP contribution in [-0.2, 0) is 6.42 Å². The molecule has 1 fully saturated rings. The molecule has 1 saturated carbocycles. The maximum atomic E-state index is 10.0. The van der Waals surface area contributed by atoms with E-state index in [1.165, 1.54) is 25.7 Å². The van der Waals surface area contributed by atoms with E-state index in [-0.39, 0.29) is 6.61 Å². The number of hydrogen-bond donors (Lipinski definition) is 2. The predicted octanol–water partition coefficient (Wildman–Crippen LogP) is 5.46. The number of aromatic nitrogens is 3. The lowest BCUT2D eigenvalue weighted by Crippen LogP contribution is -2.29. The molecule has 1 aliphatic carbocycles. The van der Waals surface area contributed by atoms with Gasteiger partial charge in [0.15, 0.2) is 5.82 Å². The first-order valence-corrected chi connectivity index (χ1v) is 12.8. The van der Waals surface area contributed by atoms with Crippen molar-refractivity contribution in [3.05, 3.63) is 45.9 Å². The minimum atomic E-state index is -0.608. The summed E-state index contributed by atoms with van der Waals surface area (Å²) in [5.41, 5.74) is 5.33. The van der Waals surface area contributed by atoms with Gasteiger partial charge in [0.25, 0.3) is 0 Å². The summed E-state index contributed by atoms with van der Waals surface area (Å²) in [6.45, 7) is 6.55. The van der Waals surface area contributed by atoms with E-state index in [1.54, 1.807) is 19.2 Å². The summed E-state index contributed by atoms with van der Waals surface area (Å²) in [5.74, 6) is 2.66. The first-order valence-electron chi connectivity index (χ1n) is 12.4. The topological polar surface area (TPSA) is 93.3 Å². The highest BCUT2D eigenvalue weighted by Crippen LogP contribution is 2.36. The zero-order valence-electron chi connectivity index (χ0n) is 21.0. The summed E-state index contributed by atoms with van der Waals surface area (Å²) in [6, 6.07) is 5.42. The fourth-order valence-corrected chi connectivity index (χ4v) is 5.09. The second-order valence-corrected chi connectivity index (χ2v) is 9.93. The summed E-state index contributed by atoms with van der Waals surface area (Å²) in [6.07, 6.45) is 6.67. The standard InChI is InChI=1S/C27H35ClN4O3/c1-16-24(12-9-19-7-5-6-8-19)30-27(31-26(16)25-17(2)32-35-18(25)3)22-13-21(10-11-23(22)28)34-15-20(33)14-29-4/h10-11,13,19-20,29,33H,5-9,12,14-15H2,1-4H3. The molecular formula is C27H35ClN4O3. The lowest BCUT2D eigenvalue weighted by Gasteiger charge is -2.16. The summed E-state index contributed by atoms with van der Waals surface area (Å²) in [7, 11) is 1.79. The minimum Gasteiger partial charge on any atom is -0.491 e. The molecule has 7 nitrogen and oxygen atoms in total. The van der Waals surface area contributed by atoms with E-state index in [0.29, 0.717) is 28.7 Å². The van der Waals surface area contributed by atoms with E-state index < -0.39 is 6.10 Å². The van der Waals surface area contributed by atoms with Crippen LogP contribution >= 0.6 is 11.6 Å². The van der Waals surface area contributed by atoms with Crippen molar-refractivity contribution < 1.29 is 14.4 Å². The highest BCUT2D eigenvalue weighted by atomic mass is 35.5. The SMILES string of the molecule is CNCC(O)COc1ccc(Cl)c(-c2nc(CCC3CCCC3)c(C)c(-c3c(C)noc3C)n2)c1. The van der Waals surface area contributed by atoms with Crippen LogP contribution in [0.1, 0.15) is 54.8 Å². The Bertz CT molecular complexity index is 1140. The second kappa shape index (κ2) is 11.5. The molecule has 2 heterocycles. The zero-order chi connectivity index (χ0) is 24.9. The van der Waals surface area contributed by atoms with E-state index in [2.05, 4.69) is 17.4 Å². The molecule has 0 bridgehead atoms.